The van der Waals surface area contributed by atoms with Gasteiger partial charge in [-0.05, 0) is 18.5 Å². The Morgan fingerprint density at radius 2 is 1.81 bits per heavy atom. The van der Waals surface area contributed by atoms with Crippen molar-refractivity contribution in [3.05, 3.63) is 68.5 Å². The summed E-state index contributed by atoms with van der Waals surface area (Å²) in [6.07, 6.45) is 0.472. The van der Waals surface area contributed by atoms with Gasteiger partial charge in [-0.1, -0.05) is 30.3 Å². The molecule has 17 nitrogen and oxygen atoms in total. The number of nitrogens with one attached hydrogen (secondary N) is 2. The summed E-state index contributed by atoms with van der Waals surface area (Å²) in [6.45, 7) is -5.23. The van der Waals surface area contributed by atoms with Crippen LogP contribution in [0.4, 0.5) is 0 Å². The molecule has 0 unspecified atom stereocenters. The van der Waals surface area contributed by atoms with E-state index in [9.17, 15) is 27.8 Å². The van der Waals surface area contributed by atoms with Crippen molar-refractivity contribution in [2.24, 2.45) is 0 Å². The van der Waals surface area contributed by atoms with Gasteiger partial charge in [0.25, 0.3) is 0 Å². The molecule has 43 heavy (non-hydrogen) atoms. The monoisotopic (exact) mass is 665 g/mol. The first-order valence-corrected chi connectivity index (χ1v) is 18.5. The molecule has 1 aromatic heterocycles. The molecule has 3 rings (SSSR count). The van der Waals surface area contributed by atoms with Crippen molar-refractivity contribution in [2.45, 2.75) is 38.0 Å². The maximum atomic E-state index is 12.4. The van der Waals surface area contributed by atoms with Crippen LogP contribution in [0.5, 0.6) is 0 Å². The molecule has 1 aliphatic rings. The molecule has 1 saturated heterocycles. The number of benzene rings is 1. The zero-order valence-corrected chi connectivity index (χ0v) is 25.2. The standard InChI is InChI=1S/C23H30N3O14P3/c27-22-19(8-4-5-14-35-15-13-24-12-11-18-6-2-1-3-7-18)16-26(23(28)25-22)21-10-9-20(37-21)17-36-43(39-30,40-38-29,41(31)32)42(33)34/h1-3,6-7,16,20-21,24,29-30H,8-15,17H2,(H,25,27,28)/t20-,21+/m0/s1. The zero-order valence-electron chi connectivity index (χ0n) is 22.6. The predicted octanol–water partition coefficient (Wildman–Crippen LogP) is 3.01. The summed E-state index contributed by atoms with van der Waals surface area (Å²) in [6, 6.07) is 10.1. The van der Waals surface area contributed by atoms with Gasteiger partial charge in [0.15, 0.2) is 0 Å². The first-order valence-electron chi connectivity index (χ1n) is 12.7. The number of aromatic nitrogens is 2. The second kappa shape index (κ2) is 16.4. The van der Waals surface area contributed by atoms with Crippen molar-refractivity contribution < 1.29 is 57.2 Å². The predicted molar refractivity (Wildman–Crippen MR) is 148 cm³/mol. The smallest absolute Gasteiger partial charge is 0.367 e. The third-order valence-electron chi connectivity index (χ3n) is 6.20. The van der Waals surface area contributed by atoms with Crippen molar-refractivity contribution in [3.8, 4) is 11.8 Å². The molecule has 1 fully saturated rings. The Balaban J connectivity index is 1.51. The first kappa shape index (κ1) is 34.8. The summed E-state index contributed by atoms with van der Waals surface area (Å²) < 4.78 is 71.4. The summed E-state index contributed by atoms with van der Waals surface area (Å²) in [5, 5.41) is 24.1. The summed E-state index contributed by atoms with van der Waals surface area (Å²) in [5.41, 5.74) is -0.0346. The average molecular weight is 665 g/mol. The molecule has 1 aromatic carbocycles. The van der Waals surface area contributed by atoms with Gasteiger partial charge in [0.05, 0.1) is 6.61 Å². The van der Waals surface area contributed by atoms with E-state index < -0.39 is 51.6 Å². The van der Waals surface area contributed by atoms with Crippen molar-refractivity contribution in [3.63, 3.8) is 0 Å². The molecule has 0 spiro atoms. The van der Waals surface area contributed by atoms with E-state index in [1.165, 1.54) is 11.8 Å². The minimum Gasteiger partial charge on any atom is -0.367 e. The molecule has 0 amide bonds. The topological polar surface area (TPSA) is 231 Å². The van der Waals surface area contributed by atoms with Crippen LogP contribution in [0.1, 0.15) is 30.2 Å². The Kier molecular flexibility index (Phi) is 13.3. The van der Waals surface area contributed by atoms with Crippen molar-refractivity contribution in [2.75, 3.05) is 32.9 Å². The van der Waals surface area contributed by atoms with E-state index in [1.54, 1.807) is 0 Å². The van der Waals surface area contributed by atoms with Crippen LogP contribution in [-0.2, 0) is 59.5 Å². The van der Waals surface area contributed by atoms with Crippen molar-refractivity contribution in [1.82, 2.24) is 14.9 Å². The van der Waals surface area contributed by atoms with Crippen LogP contribution in [-0.4, -0.2) is 59.1 Å². The number of ether oxygens (including phenoxy) is 2. The van der Waals surface area contributed by atoms with Crippen LogP contribution in [0, 0.1) is 11.8 Å². The van der Waals surface area contributed by atoms with Crippen LogP contribution in [0.15, 0.2) is 46.1 Å². The normalized spacial score (nSPS) is 17.5. The summed E-state index contributed by atoms with van der Waals surface area (Å²) in [4.78, 5) is 26.9. The Morgan fingerprint density at radius 3 is 2.49 bits per heavy atom. The van der Waals surface area contributed by atoms with E-state index in [0.717, 1.165) is 17.5 Å². The molecule has 0 radical (unpaired) electrons. The molecule has 0 aliphatic carbocycles. The van der Waals surface area contributed by atoms with Crippen LogP contribution in [0.25, 0.3) is 0 Å². The molecule has 2 atom stereocenters. The number of rotatable bonds is 17. The van der Waals surface area contributed by atoms with E-state index in [2.05, 4.69) is 48.7 Å². The van der Waals surface area contributed by atoms with Gasteiger partial charge < -0.3 is 10.1 Å². The minimum absolute atomic E-state index is 0.00160. The third-order valence-corrected chi connectivity index (χ3v) is 15.9. The molecule has 20 heteroatoms. The number of aromatic amines is 1. The van der Waals surface area contributed by atoms with E-state index in [0.29, 0.717) is 13.2 Å². The number of nitrogens with zero attached hydrogens (tertiary/aromatic N) is 1. The maximum absolute atomic E-state index is 12.4. The Bertz CT molecular complexity index is 1510. The fraction of sp³-hybridized carbons (Fsp3) is 0.478. The van der Waals surface area contributed by atoms with Crippen molar-refractivity contribution >= 4 is 21.4 Å². The van der Waals surface area contributed by atoms with E-state index >= 15 is 0 Å². The van der Waals surface area contributed by atoms with Gasteiger partial charge >= 0.3 is 173 Å². The molecule has 0 bridgehead atoms. The molecule has 0 saturated carbocycles. The zero-order chi connectivity index (χ0) is 31.3. The van der Waals surface area contributed by atoms with E-state index in [1.807, 2.05) is 18.2 Å². The quantitative estimate of drug-likeness (QED) is 0.0625. The Morgan fingerprint density at radius 1 is 1.07 bits per heavy atom. The van der Waals surface area contributed by atoms with Gasteiger partial charge in [0.1, 0.15) is 0 Å². The molecule has 1 aliphatic heterocycles. The fourth-order valence-electron chi connectivity index (χ4n) is 3.95. The van der Waals surface area contributed by atoms with Gasteiger partial charge in [0.2, 0.25) is 0 Å². The molecular formula is C23H30N3O14P3. The van der Waals surface area contributed by atoms with Gasteiger partial charge in [0, 0.05) is 6.54 Å². The number of H-pyrrole nitrogens is 1. The SMILES string of the molecule is O=c1[nH]c(=O)n([C@H]2CC[C@@H](COP(OO)(OOO)(P(=O)=O)P(=O)=O)O2)cc1CC#CCOCCNCCc1ccccc1. The van der Waals surface area contributed by atoms with E-state index in [-0.39, 0.29) is 31.4 Å². The summed E-state index contributed by atoms with van der Waals surface area (Å²) in [5.74, 6) is 5.61. The molecular weight excluding hydrogens is 635 g/mol. The molecule has 236 valence electrons. The summed E-state index contributed by atoms with van der Waals surface area (Å²) in [7, 11) is -8.66. The Labute approximate surface area is 244 Å². The van der Waals surface area contributed by atoms with Crippen LogP contribution in [0.3, 0.4) is 0 Å². The molecule has 4 N–H and O–H groups in total. The minimum atomic E-state index is -6.45. The van der Waals surface area contributed by atoms with E-state index in [4.69, 9.17) is 24.5 Å². The molecule has 2 heterocycles. The number of hydrogen-bond donors (Lipinski definition) is 4. The van der Waals surface area contributed by atoms with Crippen LogP contribution >= 0.6 is 21.4 Å². The number of hydrogen-bond acceptors (Lipinski definition) is 15. The first-order chi connectivity index (χ1) is 20.7. The average Bonchev–Trinajstić information content (AvgIpc) is 3.46. The summed E-state index contributed by atoms with van der Waals surface area (Å²) >= 11 is 0. The van der Waals surface area contributed by atoms with Gasteiger partial charge in [-0.2, -0.15) is 0 Å². The second-order valence-corrected chi connectivity index (χ2v) is 19.2. The van der Waals surface area contributed by atoms with Crippen LogP contribution in [0.2, 0.25) is 0 Å². The Hall–Kier alpha value is -2.67. The third kappa shape index (κ3) is 8.71. The van der Waals surface area contributed by atoms with Crippen molar-refractivity contribution in [1.29, 1.82) is 0 Å². The fourth-order valence-corrected chi connectivity index (χ4v) is 8.40. The molecule has 2 aromatic rings. The van der Waals surface area contributed by atoms with Gasteiger partial charge in [-0.3, -0.25) is 0 Å². The van der Waals surface area contributed by atoms with Gasteiger partial charge in [-0.15, -0.1) is 0 Å². The van der Waals surface area contributed by atoms with Crippen LogP contribution < -0.4 is 16.6 Å². The van der Waals surface area contributed by atoms with Gasteiger partial charge in [-0.25, -0.2) is 0 Å². The second-order valence-electron chi connectivity index (χ2n) is 8.98.